The van der Waals surface area contributed by atoms with E-state index in [1.165, 1.54) is 16.8 Å². The van der Waals surface area contributed by atoms with Crippen LogP contribution in [0.1, 0.15) is 40.7 Å². The zero-order chi connectivity index (χ0) is 23.6. The van der Waals surface area contributed by atoms with E-state index in [1.54, 1.807) is 32.9 Å². The number of ether oxygens (including phenoxy) is 1. The highest BCUT2D eigenvalue weighted by atomic mass is 16.6. The van der Waals surface area contributed by atoms with E-state index in [2.05, 4.69) is 10.1 Å². The summed E-state index contributed by atoms with van der Waals surface area (Å²) in [5.41, 5.74) is 5.90. The van der Waals surface area contributed by atoms with Gasteiger partial charge in [-0.3, -0.25) is 19.0 Å². The second-order valence-electron chi connectivity index (χ2n) is 8.63. The number of carbonyl (C=O) groups excluding carboxylic acids is 1. The Kier molecular flexibility index (Phi) is 6.29. The molecule has 3 rings (SSSR count). The van der Waals surface area contributed by atoms with Crippen LogP contribution in [-0.2, 0) is 16.1 Å². The topological polar surface area (TPSA) is 122 Å². The van der Waals surface area contributed by atoms with Gasteiger partial charge in [0.15, 0.2) is 0 Å². The fraction of sp³-hybridized carbons (Fsp3) is 0.348. The van der Waals surface area contributed by atoms with Crippen LogP contribution >= 0.6 is 0 Å². The van der Waals surface area contributed by atoms with E-state index in [9.17, 15) is 14.4 Å². The third-order valence-corrected chi connectivity index (χ3v) is 4.52. The monoisotopic (exact) mass is 437 g/mol. The Balaban J connectivity index is 2.26. The van der Waals surface area contributed by atoms with Gasteiger partial charge in [-0.05, 0) is 40.7 Å². The van der Waals surface area contributed by atoms with Crippen molar-refractivity contribution in [3.63, 3.8) is 0 Å². The number of nitrogen functional groups attached to an aromatic ring is 1. The van der Waals surface area contributed by atoms with E-state index in [4.69, 9.17) is 10.5 Å². The Morgan fingerprint density at radius 3 is 2.34 bits per heavy atom. The largest absolute Gasteiger partial charge is 0.459 e. The van der Waals surface area contributed by atoms with E-state index in [1.807, 2.05) is 32.0 Å². The van der Waals surface area contributed by atoms with E-state index in [-0.39, 0.29) is 28.8 Å². The summed E-state index contributed by atoms with van der Waals surface area (Å²) in [6.45, 7) is 8.44. The summed E-state index contributed by atoms with van der Waals surface area (Å²) in [4.78, 5) is 42.6. The number of benzene rings is 1. The number of esters is 1. The quantitative estimate of drug-likeness (QED) is 0.609. The SMILES string of the molecule is CC(C)n1nc(-c2c(-c3ccccc3)nc(N)n(CC(=O)OC(C)(C)C)c2=O)ccc1=O. The molecule has 0 saturated heterocycles. The Morgan fingerprint density at radius 1 is 1.09 bits per heavy atom. The van der Waals surface area contributed by atoms with Gasteiger partial charge in [-0.1, -0.05) is 30.3 Å². The van der Waals surface area contributed by atoms with Gasteiger partial charge in [-0.15, -0.1) is 0 Å². The molecule has 2 aromatic heterocycles. The molecule has 1 aromatic carbocycles. The van der Waals surface area contributed by atoms with Crippen molar-refractivity contribution in [3.8, 4) is 22.5 Å². The molecule has 0 fully saturated rings. The third kappa shape index (κ3) is 4.93. The highest BCUT2D eigenvalue weighted by Gasteiger charge is 2.23. The maximum absolute atomic E-state index is 13.6. The number of anilines is 1. The van der Waals surface area contributed by atoms with Gasteiger partial charge in [0, 0.05) is 11.6 Å². The van der Waals surface area contributed by atoms with Crippen LogP contribution in [0.4, 0.5) is 5.95 Å². The predicted molar refractivity (Wildman–Crippen MR) is 122 cm³/mol. The summed E-state index contributed by atoms with van der Waals surface area (Å²) in [5, 5.41) is 4.39. The molecule has 32 heavy (non-hydrogen) atoms. The molecular weight excluding hydrogens is 410 g/mol. The lowest BCUT2D eigenvalue weighted by Crippen LogP contribution is -2.34. The smallest absolute Gasteiger partial charge is 0.326 e. The van der Waals surface area contributed by atoms with Gasteiger partial charge in [0.25, 0.3) is 11.1 Å². The van der Waals surface area contributed by atoms with Crippen LogP contribution < -0.4 is 16.9 Å². The number of rotatable bonds is 5. The van der Waals surface area contributed by atoms with E-state index in [0.717, 1.165) is 4.57 Å². The molecule has 0 radical (unpaired) electrons. The zero-order valence-electron chi connectivity index (χ0n) is 18.8. The highest BCUT2D eigenvalue weighted by Crippen LogP contribution is 2.27. The number of aromatic nitrogens is 4. The van der Waals surface area contributed by atoms with Crippen LogP contribution in [0.2, 0.25) is 0 Å². The first-order chi connectivity index (χ1) is 15.0. The minimum atomic E-state index is -0.718. The first kappa shape index (κ1) is 22.9. The molecule has 0 unspecified atom stereocenters. The fourth-order valence-corrected chi connectivity index (χ4v) is 3.19. The zero-order valence-corrected chi connectivity index (χ0v) is 18.8. The molecule has 0 amide bonds. The molecule has 0 spiro atoms. The van der Waals surface area contributed by atoms with Crippen molar-refractivity contribution in [1.29, 1.82) is 0 Å². The number of carbonyl (C=O) groups is 1. The van der Waals surface area contributed by atoms with Crippen molar-refractivity contribution in [3.05, 3.63) is 63.2 Å². The van der Waals surface area contributed by atoms with Gasteiger partial charge in [-0.25, -0.2) is 9.67 Å². The Bertz CT molecular complexity index is 1250. The molecule has 0 aliphatic heterocycles. The lowest BCUT2D eigenvalue weighted by atomic mass is 10.0. The van der Waals surface area contributed by atoms with Crippen LogP contribution in [-0.4, -0.2) is 30.9 Å². The average Bonchev–Trinajstić information content (AvgIpc) is 2.70. The summed E-state index contributed by atoms with van der Waals surface area (Å²) in [6, 6.07) is 11.7. The molecule has 0 bridgehead atoms. The van der Waals surface area contributed by atoms with Crippen molar-refractivity contribution >= 4 is 11.9 Å². The molecule has 168 valence electrons. The lowest BCUT2D eigenvalue weighted by molar-refractivity contribution is -0.155. The average molecular weight is 438 g/mol. The van der Waals surface area contributed by atoms with Gasteiger partial charge < -0.3 is 10.5 Å². The summed E-state index contributed by atoms with van der Waals surface area (Å²) >= 11 is 0. The lowest BCUT2D eigenvalue weighted by Gasteiger charge is -2.21. The minimum Gasteiger partial charge on any atom is -0.459 e. The van der Waals surface area contributed by atoms with Crippen LogP contribution in [0.5, 0.6) is 0 Å². The predicted octanol–water partition coefficient (Wildman–Crippen LogP) is 2.64. The molecule has 2 N–H and O–H groups in total. The summed E-state index contributed by atoms with van der Waals surface area (Å²) < 4.78 is 7.68. The molecule has 2 heterocycles. The van der Waals surface area contributed by atoms with Crippen molar-refractivity contribution in [2.75, 3.05) is 5.73 Å². The standard InChI is InChI=1S/C23H27N5O4/c1-14(2)28-17(29)12-11-16(26-28)19-20(15-9-7-6-8-10-15)25-22(24)27(21(19)31)13-18(30)32-23(3,4)5/h6-12,14H,13H2,1-5H3,(H2,24,25). The Hall–Kier alpha value is -3.75. The molecule has 9 heteroatoms. The molecule has 3 aromatic rings. The van der Waals surface area contributed by atoms with Gasteiger partial charge in [0.05, 0.1) is 23.0 Å². The van der Waals surface area contributed by atoms with Gasteiger partial charge in [-0.2, -0.15) is 5.10 Å². The minimum absolute atomic E-state index is 0.124. The van der Waals surface area contributed by atoms with E-state index in [0.29, 0.717) is 11.3 Å². The van der Waals surface area contributed by atoms with Gasteiger partial charge in [0.1, 0.15) is 12.1 Å². The second kappa shape index (κ2) is 8.78. The van der Waals surface area contributed by atoms with Crippen LogP contribution in [0.25, 0.3) is 22.5 Å². The molecule has 0 aliphatic rings. The van der Waals surface area contributed by atoms with Crippen LogP contribution in [0, 0.1) is 0 Å². The fourth-order valence-electron chi connectivity index (χ4n) is 3.19. The van der Waals surface area contributed by atoms with Crippen molar-refractivity contribution in [1.82, 2.24) is 19.3 Å². The van der Waals surface area contributed by atoms with Gasteiger partial charge >= 0.3 is 5.97 Å². The van der Waals surface area contributed by atoms with E-state index < -0.39 is 23.7 Å². The Labute approximate surface area is 185 Å². The van der Waals surface area contributed by atoms with Crippen molar-refractivity contribution < 1.29 is 9.53 Å². The van der Waals surface area contributed by atoms with Crippen LogP contribution in [0.15, 0.2) is 52.1 Å². The Morgan fingerprint density at radius 2 is 1.75 bits per heavy atom. The van der Waals surface area contributed by atoms with Crippen LogP contribution in [0.3, 0.4) is 0 Å². The van der Waals surface area contributed by atoms with Crippen molar-refractivity contribution in [2.45, 2.75) is 52.8 Å². The molecule has 0 saturated carbocycles. The van der Waals surface area contributed by atoms with E-state index >= 15 is 0 Å². The number of hydrogen-bond acceptors (Lipinski definition) is 7. The summed E-state index contributed by atoms with van der Waals surface area (Å²) in [7, 11) is 0. The maximum atomic E-state index is 13.6. The first-order valence-electron chi connectivity index (χ1n) is 10.3. The summed E-state index contributed by atoms with van der Waals surface area (Å²) in [6.07, 6.45) is 0. The number of nitrogens with zero attached hydrogens (tertiary/aromatic N) is 4. The third-order valence-electron chi connectivity index (χ3n) is 4.52. The molecule has 0 atom stereocenters. The van der Waals surface area contributed by atoms with Gasteiger partial charge in [0.2, 0.25) is 5.95 Å². The molecule has 9 nitrogen and oxygen atoms in total. The number of nitrogens with two attached hydrogens (primary N) is 1. The molecular formula is C23H27N5O4. The second-order valence-corrected chi connectivity index (χ2v) is 8.63. The summed E-state index contributed by atoms with van der Waals surface area (Å²) in [5.74, 6) is -0.743. The highest BCUT2D eigenvalue weighted by molar-refractivity contribution is 5.79. The maximum Gasteiger partial charge on any atom is 0.326 e. The van der Waals surface area contributed by atoms with Crippen molar-refractivity contribution in [2.24, 2.45) is 0 Å². The molecule has 0 aliphatic carbocycles. The normalized spacial score (nSPS) is 11.6. The first-order valence-corrected chi connectivity index (χ1v) is 10.3. The number of hydrogen-bond donors (Lipinski definition) is 1.